The molecule has 0 aromatic carbocycles. The Labute approximate surface area is 370 Å². The summed E-state index contributed by atoms with van der Waals surface area (Å²) in [5.41, 5.74) is 0. The molecule has 6 nitrogen and oxygen atoms in total. The maximum Gasteiger partial charge on any atom is 0.306 e. The summed E-state index contributed by atoms with van der Waals surface area (Å²) < 4.78 is 16.7. The first-order valence-electron chi connectivity index (χ1n) is 25.0. The third-order valence-electron chi connectivity index (χ3n) is 10.5. The molecule has 0 saturated carbocycles. The Hall–Kier alpha value is -3.15. The molecule has 1 atom stereocenters. The van der Waals surface area contributed by atoms with Gasteiger partial charge >= 0.3 is 17.9 Å². The number of allylic oxidation sites excluding steroid dienone is 12. The minimum Gasteiger partial charge on any atom is -0.462 e. The predicted octanol–water partition coefficient (Wildman–Crippen LogP) is 16.3. The van der Waals surface area contributed by atoms with Gasteiger partial charge in [-0.1, -0.05) is 196 Å². The van der Waals surface area contributed by atoms with Crippen molar-refractivity contribution >= 4 is 17.9 Å². The number of carbonyl (C=O) groups is 3. The van der Waals surface area contributed by atoms with Crippen LogP contribution >= 0.6 is 0 Å². The molecule has 60 heavy (non-hydrogen) atoms. The van der Waals surface area contributed by atoms with Gasteiger partial charge in [0.1, 0.15) is 13.2 Å². The van der Waals surface area contributed by atoms with E-state index in [4.69, 9.17) is 14.2 Å². The van der Waals surface area contributed by atoms with Crippen LogP contribution in [0.1, 0.15) is 233 Å². The van der Waals surface area contributed by atoms with Gasteiger partial charge in [-0.25, -0.2) is 0 Å². The quantitative estimate of drug-likeness (QED) is 0.0200. The lowest BCUT2D eigenvalue weighted by Crippen LogP contribution is -2.30. The molecule has 6 heteroatoms. The van der Waals surface area contributed by atoms with Gasteiger partial charge in [-0.2, -0.15) is 0 Å². The first-order chi connectivity index (χ1) is 29.5. The largest absolute Gasteiger partial charge is 0.462 e. The number of esters is 3. The highest BCUT2D eigenvalue weighted by Gasteiger charge is 2.19. The van der Waals surface area contributed by atoms with E-state index in [9.17, 15) is 14.4 Å². The fourth-order valence-corrected chi connectivity index (χ4v) is 6.69. The van der Waals surface area contributed by atoms with Crippen LogP contribution in [0, 0.1) is 0 Å². The van der Waals surface area contributed by atoms with Gasteiger partial charge in [0.15, 0.2) is 6.10 Å². The molecule has 344 valence electrons. The molecular weight excluding hydrogens is 745 g/mol. The van der Waals surface area contributed by atoms with E-state index >= 15 is 0 Å². The maximum absolute atomic E-state index is 12.8. The van der Waals surface area contributed by atoms with Crippen LogP contribution in [-0.4, -0.2) is 37.2 Å². The van der Waals surface area contributed by atoms with Gasteiger partial charge in [-0.05, 0) is 89.9 Å². The zero-order valence-electron chi connectivity index (χ0n) is 39.2. The summed E-state index contributed by atoms with van der Waals surface area (Å²) in [5, 5.41) is 0. The van der Waals surface area contributed by atoms with Crippen LogP contribution in [0.3, 0.4) is 0 Å². The van der Waals surface area contributed by atoms with Crippen LogP contribution in [0.5, 0.6) is 0 Å². The van der Waals surface area contributed by atoms with E-state index in [1.54, 1.807) is 0 Å². The van der Waals surface area contributed by atoms with Crippen molar-refractivity contribution in [3.05, 3.63) is 72.9 Å². The molecular formula is C54H92O6. The summed E-state index contributed by atoms with van der Waals surface area (Å²) in [6.07, 6.45) is 60.2. The second kappa shape index (κ2) is 48.5. The topological polar surface area (TPSA) is 78.9 Å². The van der Waals surface area contributed by atoms with E-state index in [1.807, 2.05) is 0 Å². The second-order valence-corrected chi connectivity index (χ2v) is 16.4. The summed E-state index contributed by atoms with van der Waals surface area (Å²) in [4.78, 5) is 37.9. The average molecular weight is 837 g/mol. The van der Waals surface area contributed by atoms with Crippen LogP contribution in [0.2, 0.25) is 0 Å². The SMILES string of the molecule is CC\C=C/C=C\C=C/CCCCCCCCCC(=O)OC(COC(=O)CCCCCC/C=C\CCCC)COC(=O)CCCCCCCCC/C=C\C/C=C\CCCCC. The summed E-state index contributed by atoms with van der Waals surface area (Å²) in [7, 11) is 0. The zero-order valence-corrected chi connectivity index (χ0v) is 39.2. The molecule has 0 N–H and O–H groups in total. The molecule has 0 aliphatic heterocycles. The molecule has 0 bridgehead atoms. The number of unbranched alkanes of at least 4 members (excludes halogenated alkanes) is 23. The maximum atomic E-state index is 12.8. The van der Waals surface area contributed by atoms with Crippen molar-refractivity contribution in [1.29, 1.82) is 0 Å². The Morgan fingerprint density at radius 3 is 1.20 bits per heavy atom. The average Bonchev–Trinajstić information content (AvgIpc) is 3.24. The van der Waals surface area contributed by atoms with Crippen molar-refractivity contribution < 1.29 is 28.6 Å². The molecule has 0 fully saturated rings. The van der Waals surface area contributed by atoms with Gasteiger partial charge < -0.3 is 14.2 Å². The Morgan fingerprint density at radius 2 is 0.733 bits per heavy atom. The first kappa shape index (κ1) is 56.9. The van der Waals surface area contributed by atoms with Crippen molar-refractivity contribution in [2.75, 3.05) is 13.2 Å². The molecule has 0 aromatic heterocycles. The third kappa shape index (κ3) is 45.9. The lowest BCUT2D eigenvalue weighted by atomic mass is 10.1. The molecule has 1 unspecified atom stereocenters. The van der Waals surface area contributed by atoms with Gasteiger partial charge in [-0.15, -0.1) is 0 Å². The Balaban J connectivity index is 4.39. The highest BCUT2D eigenvalue weighted by Crippen LogP contribution is 2.14. The summed E-state index contributed by atoms with van der Waals surface area (Å²) in [6, 6.07) is 0. The van der Waals surface area contributed by atoms with E-state index in [-0.39, 0.29) is 31.1 Å². The zero-order chi connectivity index (χ0) is 43.7. The molecule has 0 aliphatic rings. The van der Waals surface area contributed by atoms with Gasteiger partial charge in [0.25, 0.3) is 0 Å². The molecule has 0 spiro atoms. The van der Waals surface area contributed by atoms with E-state index < -0.39 is 6.10 Å². The monoisotopic (exact) mass is 837 g/mol. The molecule has 0 saturated heterocycles. The molecule has 0 radical (unpaired) electrons. The molecule has 0 amide bonds. The fraction of sp³-hybridized carbons (Fsp3) is 0.722. The first-order valence-corrected chi connectivity index (χ1v) is 25.0. The summed E-state index contributed by atoms with van der Waals surface area (Å²) in [5.74, 6) is -0.923. The van der Waals surface area contributed by atoms with Crippen LogP contribution in [0.4, 0.5) is 0 Å². The highest BCUT2D eigenvalue weighted by atomic mass is 16.6. The molecule has 0 aromatic rings. The standard InChI is InChI=1S/C54H92O6/c1-4-7-10-13-16-19-22-24-26-27-29-30-32-35-38-41-44-47-53(56)59-50-51(49-58-52(55)46-43-40-37-34-21-18-15-12-9-6-3)60-54(57)48-45-42-39-36-33-31-28-25-23-20-17-14-11-8-5-2/h8,11,14-20,23-24,26,51H,4-7,9-10,12-13,21-22,25,27-50H2,1-3H3/b11-8-,17-14-,18-15-,19-16-,23-20-,26-24-. The van der Waals surface area contributed by atoms with Gasteiger partial charge in [0, 0.05) is 19.3 Å². The van der Waals surface area contributed by atoms with Crippen molar-refractivity contribution in [1.82, 2.24) is 0 Å². The third-order valence-corrected chi connectivity index (χ3v) is 10.5. The second-order valence-electron chi connectivity index (χ2n) is 16.4. The van der Waals surface area contributed by atoms with Crippen LogP contribution in [0.25, 0.3) is 0 Å². The van der Waals surface area contributed by atoms with Gasteiger partial charge in [0.05, 0.1) is 0 Å². The van der Waals surface area contributed by atoms with E-state index in [0.717, 1.165) is 103 Å². The highest BCUT2D eigenvalue weighted by molar-refractivity contribution is 5.71. The van der Waals surface area contributed by atoms with Gasteiger partial charge in [0.2, 0.25) is 0 Å². The summed E-state index contributed by atoms with van der Waals surface area (Å²) in [6.45, 7) is 6.41. The van der Waals surface area contributed by atoms with Crippen molar-refractivity contribution in [3.8, 4) is 0 Å². The number of carbonyl (C=O) groups excluding carboxylic acids is 3. The van der Waals surface area contributed by atoms with Crippen LogP contribution in [-0.2, 0) is 28.6 Å². The van der Waals surface area contributed by atoms with Gasteiger partial charge in [-0.3, -0.25) is 14.4 Å². The van der Waals surface area contributed by atoms with Crippen molar-refractivity contribution in [3.63, 3.8) is 0 Å². The van der Waals surface area contributed by atoms with Crippen molar-refractivity contribution in [2.24, 2.45) is 0 Å². The van der Waals surface area contributed by atoms with Crippen LogP contribution in [0.15, 0.2) is 72.9 Å². The van der Waals surface area contributed by atoms with Crippen molar-refractivity contribution in [2.45, 2.75) is 239 Å². The number of hydrogen-bond acceptors (Lipinski definition) is 6. The Kier molecular flexibility index (Phi) is 46.0. The number of hydrogen-bond donors (Lipinski definition) is 0. The number of ether oxygens (including phenoxy) is 3. The fourth-order valence-electron chi connectivity index (χ4n) is 6.69. The van der Waals surface area contributed by atoms with E-state index in [0.29, 0.717) is 19.3 Å². The number of rotatable bonds is 44. The lowest BCUT2D eigenvalue weighted by molar-refractivity contribution is -0.167. The van der Waals surface area contributed by atoms with Crippen LogP contribution < -0.4 is 0 Å². The summed E-state index contributed by atoms with van der Waals surface area (Å²) >= 11 is 0. The minimum atomic E-state index is -0.788. The smallest absolute Gasteiger partial charge is 0.306 e. The Bertz CT molecular complexity index is 1140. The molecule has 0 aliphatic carbocycles. The molecule has 0 heterocycles. The minimum absolute atomic E-state index is 0.0886. The van der Waals surface area contributed by atoms with E-state index in [1.165, 1.54) is 89.9 Å². The Morgan fingerprint density at radius 1 is 0.367 bits per heavy atom. The predicted molar refractivity (Wildman–Crippen MR) is 256 cm³/mol. The lowest BCUT2D eigenvalue weighted by Gasteiger charge is -2.18. The van der Waals surface area contributed by atoms with E-state index in [2.05, 4.69) is 93.7 Å². The molecule has 0 rings (SSSR count). The normalized spacial score (nSPS) is 12.7.